The molecule has 1 aromatic rings. The normalized spacial score (nSPS) is 10.2. The van der Waals surface area contributed by atoms with Gasteiger partial charge in [-0.3, -0.25) is 0 Å². The molecular formula is C11H12ClN3. The average Bonchev–Trinajstić information content (AvgIpc) is 2.29. The van der Waals surface area contributed by atoms with E-state index in [1.165, 1.54) is 0 Å². The van der Waals surface area contributed by atoms with Crippen LogP contribution in [0.2, 0.25) is 0 Å². The molecule has 0 unspecified atom stereocenters. The average molecular weight is 222 g/mol. The Kier molecular flexibility index (Phi) is 5.38. The summed E-state index contributed by atoms with van der Waals surface area (Å²) < 4.78 is 0. The molecule has 78 valence electrons. The lowest BCUT2D eigenvalue weighted by atomic mass is 10.1. The summed E-state index contributed by atoms with van der Waals surface area (Å²) in [6.45, 7) is 0.502. The van der Waals surface area contributed by atoms with E-state index in [-0.39, 0.29) is 0 Å². The summed E-state index contributed by atoms with van der Waals surface area (Å²) >= 11 is 5.72. The second-order valence-electron chi connectivity index (χ2n) is 3.02. The standard InChI is InChI=1S/C11H12ClN3/c12-9-11-6-3-5-10(8-11)4-1-2-7-14-15-13/h1,3-6,8H,2,7,9H2. The van der Waals surface area contributed by atoms with E-state index in [0.717, 1.165) is 17.5 Å². The van der Waals surface area contributed by atoms with Gasteiger partial charge in [-0.05, 0) is 23.1 Å². The summed E-state index contributed by atoms with van der Waals surface area (Å²) in [6.07, 6.45) is 4.75. The summed E-state index contributed by atoms with van der Waals surface area (Å²) in [5.41, 5.74) is 10.3. The minimum Gasteiger partial charge on any atom is -0.122 e. The first kappa shape index (κ1) is 11.6. The van der Waals surface area contributed by atoms with E-state index >= 15 is 0 Å². The first-order chi connectivity index (χ1) is 7.36. The monoisotopic (exact) mass is 221 g/mol. The van der Waals surface area contributed by atoms with Crippen LogP contribution in [0.3, 0.4) is 0 Å². The fourth-order valence-corrected chi connectivity index (χ4v) is 1.34. The van der Waals surface area contributed by atoms with Crippen LogP contribution >= 0.6 is 11.6 Å². The molecule has 0 aliphatic heterocycles. The number of hydrogen-bond donors (Lipinski definition) is 0. The van der Waals surface area contributed by atoms with Gasteiger partial charge >= 0.3 is 0 Å². The SMILES string of the molecule is [N-]=[N+]=NCCC=Cc1cccc(CCl)c1. The molecule has 0 saturated heterocycles. The molecule has 0 amide bonds. The van der Waals surface area contributed by atoms with Crippen LogP contribution in [0.4, 0.5) is 0 Å². The molecule has 0 radical (unpaired) electrons. The summed E-state index contributed by atoms with van der Waals surface area (Å²) in [7, 11) is 0. The maximum absolute atomic E-state index is 8.07. The third-order valence-electron chi connectivity index (χ3n) is 1.87. The third kappa shape index (κ3) is 4.54. The van der Waals surface area contributed by atoms with E-state index < -0.39 is 0 Å². The maximum atomic E-state index is 8.07. The molecule has 0 bridgehead atoms. The lowest BCUT2D eigenvalue weighted by molar-refractivity contribution is 0.995. The fraction of sp³-hybridized carbons (Fsp3) is 0.273. The molecule has 4 heteroatoms. The zero-order chi connectivity index (χ0) is 10.9. The van der Waals surface area contributed by atoms with Crippen LogP contribution in [0.15, 0.2) is 35.5 Å². The fourth-order valence-electron chi connectivity index (χ4n) is 1.18. The predicted molar refractivity (Wildman–Crippen MR) is 63.7 cm³/mol. The van der Waals surface area contributed by atoms with Gasteiger partial charge in [0, 0.05) is 17.3 Å². The lowest BCUT2D eigenvalue weighted by Crippen LogP contribution is -1.79. The summed E-state index contributed by atoms with van der Waals surface area (Å²) in [4.78, 5) is 2.68. The second kappa shape index (κ2) is 6.93. The van der Waals surface area contributed by atoms with Crippen LogP contribution in [-0.4, -0.2) is 6.54 Å². The highest BCUT2D eigenvalue weighted by Crippen LogP contribution is 2.09. The Morgan fingerprint density at radius 1 is 1.47 bits per heavy atom. The molecule has 0 heterocycles. The maximum Gasteiger partial charge on any atom is 0.0474 e. The Bertz CT molecular complexity index is 381. The van der Waals surface area contributed by atoms with E-state index in [4.69, 9.17) is 17.1 Å². The number of nitrogens with zero attached hydrogens (tertiary/aromatic N) is 3. The molecular weight excluding hydrogens is 210 g/mol. The van der Waals surface area contributed by atoms with Crippen LogP contribution in [0.1, 0.15) is 17.5 Å². The molecule has 1 rings (SSSR count). The van der Waals surface area contributed by atoms with Crippen molar-refractivity contribution in [2.24, 2.45) is 5.11 Å². The minimum absolute atomic E-state index is 0.502. The summed E-state index contributed by atoms with van der Waals surface area (Å²) in [5, 5.41) is 3.44. The molecule has 0 saturated carbocycles. The van der Waals surface area contributed by atoms with E-state index in [0.29, 0.717) is 12.4 Å². The minimum atomic E-state index is 0.502. The third-order valence-corrected chi connectivity index (χ3v) is 2.18. The largest absolute Gasteiger partial charge is 0.122 e. The number of rotatable bonds is 5. The molecule has 3 nitrogen and oxygen atoms in total. The van der Waals surface area contributed by atoms with Crippen molar-refractivity contribution in [3.05, 3.63) is 51.9 Å². The van der Waals surface area contributed by atoms with Crippen molar-refractivity contribution in [2.45, 2.75) is 12.3 Å². The lowest BCUT2D eigenvalue weighted by Gasteiger charge is -1.96. The number of halogens is 1. The Morgan fingerprint density at radius 2 is 2.33 bits per heavy atom. The van der Waals surface area contributed by atoms with Crippen molar-refractivity contribution in [1.82, 2.24) is 0 Å². The summed E-state index contributed by atoms with van der Waals surface area (Å²) in [6, 6.07) is 8.02. The van der Waals surface area contributed by atoms with Crippen molar-refractivity contribution in [3.8, 4) is 0 Å². The van der Waals surface area contributed by atoms with Crippen molar-refractivity contribution < 1.29 is 0 Å². The molecule has 0 spiro atoms. The van der Waals surface area contributed by atoms with Crippen LogP contribution in [-0.2, 0) is 5.88 Å². The molecule has 0 aliphatic carbocycles. The molecule has 1 aromatic carbocycles. The highest BCUT2D eigenvalue weighted by Gasteiger charge is 1.90. The smallest absolute Gasteiger partial charge is 0.0474 e. The Morgan fingerprint density at radius 3 is 3.07 bits per heavy atom. The Balaban J connectivity index is 2.52. The van der Waals surface area contributed by atoms with Crippen LogP contribution < -0.4 is 0 Å². The Labute approximate surface area is 94.0 Å². The van der Waals surface area contributed by atoms with E-state index in [2.05, 4.69) is 10.0 Å². The van der Waals surface area contributed by atoms with Gasteiger partial charge in [0.1, 0.15) is 0 Å². The predicted octanol–water partition coefficient (Wildman–Crippen LogP) is 4.14. The van der Waals surface area contributed by atoms with Crippen molar-refractivity contribution in [2.75, 3.05) is 6.54 Å². The molecule has 0 aliphatic rings. The first-order valence-electron chi connectivity index (χ1n) is 4.69. The van der Waals surface area contributed by atoms with Gasteiger partial charge in [-0.15, -0.1) is 11.6 Å². The van der Waals surface area contributed by atoms with Gasteiger partial charge in [-0.2, -0.15) is 0 Å². The number of azide groups is 1. The zero-order valence-corrected chi connectivity index (χ0v) is 9.06. The quantitative estimate of drug-likeness (QED) is 0.236. The van der Waals surface area contributed by atoms with E-state index in [1.807, 2.05) is 36.4 Å². The molecule has 0 N–H and O–H groups in total. The Hall–Kier alpha value is -1.44. The topological polar surface area (TPSA) is 48.8 Å². The summed E-state index contributed by atoms with van der Waals surface area (Å²) in [5.74, 6) is 0.528. The number of benzene rings is 1. The van der Waals surface area contributed by atoms with E-state index in [1.54, 1.807) is 0 Å². The highest BCUT2D eigenvalue weighted by molar-refractivity contribution is 6.17. The molecule has 15 heavy (non-hydrogen) atoms. The molecule has 0 aromatic heterocycles. The van der Waals surface area contributed by atoms with Gasteiger partial charge in [-0.1, -0.05) is 41.5 Å². The van der Waals surface area contributed by atoms with Gasteiger partial charge in [0.25, 0.3) is 0 Å². The number of alkyl halides is 1. The van der Waals surface area contributed by atoms with Crippen LogP contribution in [0.5, 0.6) is 0 Å². The molecule has 0 atom stereocenters. The van der Waals surface area contributed by atoms with Crippen molar-refractivity contribution >= 4 is 17.7 Å². The van der Waals surface area contributed by atoms with Crippen LogP contribution in [0, 0.1) is 0 Å². The van der Waals surface area contributed by atoms with Crippen molar-refractivity contribution in [3.63, 3.8) is 0 Å². The first-order valence-corrected chi connectivity index (χ1v) is 5.22. The molecule has 0 fully saturated rings. The van der Waals surface area contributed by atoms with Crippen molar-refractivity contribution in [1.29, 1.82) is 0 Å². The van der Waals surface area contributed by atoms with E-state index in [9.17, 15) is 0 Å². The second-order valence-corrected chi connectivity index (χ2v) is 3.29. The van der Waals surface area contributed by atoms with Gasteiger partial charge in [0.15, 0.2) is 0 Å². The highest BCUT2D eigenvalue weighted by atomic mass is 35.5. The van der Waals surface area contributed by atoms with Gasteiger partial charge in [0.05, 0.1) is 0 Å². The van der Waals surface area contributed by atoms with Crippen LogP contribution in [0.25, 0.3) is 16.5 Å². The number of hydrogen-bond acceptors (Lipinski definition) is 1. The van der Waals surface area contributed by atoms with Gasteiger partial charge < -0.3 is 0 Å². The van der Waals surface area contributed by atoms with Gasteiger partial charge in [-0.25, -0.2) is 0 Å². The van der Waals surface area contributed by atoms with Gasteiger partial charge in [0.2, 0.25) is 0 Å². The zero-order valence-electron chi connectivity index (χ0n) is 8.31.